The molecule has 1 rings (SSSR count). The predicted octanol–water partition coefficient (Wildman–Crippen LogP) is 2.75. The molecule has 0 radical (unpaired) electrons. The topological polar surface area (TPSA) is 20.2 Å². The van der Waals surface area contributed by atoms with Crippen LogP contribution >= 0.6 is 34.2 Å². The molecular formula is C8H8ClIO. The molecule has 1 nitrogen and oxygen atoms in total. The lowest BCUT2D eigenvalue weighted by molar-refractivity contribution is 0.281. The number of aliphatic hydroxyl groups is 1. The Balaban J connectivity index is 3.21. The maximum atomic E-state index is 8.87. The third kappa shape index (κ3) is 2.07. The Labute approximate surface area is 84.5 Å². The van der Waals surface area contributed by atoms with Gasteiger partial charge in [-0.3, -0.25) is 0 Å². The molecule has 0 fully saturated rings. The molecule has 1 aromatic carbocycles. The molecule has 0 aliphatic heterocycles. The molecule has 1 aromatic rings. The van der Waals surface area contributed by atoms with E-state index in [4.69, 9.17) is 16.7 Å². The second-order valence-electron chi connectivity index (χ2n) is 2.35. The molecule has 0 aromatic heterocycles. The van der Waals surface area contributed by atoms with Crippen LogP contribution in [-0.4, -0.2) is 5.11 Å². The minimum absolute atomic E-state index is 0.0538. The van der Waals surface area contributed by atoms with Gasteiger partial charge >= 0.3 is 0 Å². The Bertz CT molecular complexity index is 273. The van der Waals surface area contributed by atoms with Gasteiger partial charge in [0.2, 0.25) is 0 Å². The average molecular weight is 283 g/mol. The normalized spacial score (nSPS) is 10.2. The third-order valence-electron chi connectivity index (χ3n) is 1.50. The van der Waals surface area contributed by atoms with Crippen molar-refractivity contribution in [3.05, 3.63) is 31.9 Å². The summed E-state index contributed by atoms with van der Waals surface area (Å²) in [5.41, 5.74) is 1.94. The zero-order valence-corrected chi connectivity index (χ0v) is 8.98. The number of halogens is 2. The lowest BCUT2D eigenvalue weighted by atomic mass is 10.2. The molecule has 11 heavy (non-hydrogen) atoms. The quantitative estimate of drug-likeness (QED) is 0.785. The van der Waals surface area contributed by atoms with Crippen LogP contribution in [0.5, 0.6) is 0 Å². The highest BCUT2D eigenvalue weighted by Gasteiger charge is 2.01. The number of hydrogen-bond acceptors (Lipinski definition) is 1. The fourth-order valence-corrected chi connectivity index (χ4v) is 1.79. The van der Waals surface area contributed by atoms with Gasteiger partial charge in [0.15, 0.2) is 0 Å². The summed E-state index contributed by atoms with van der Waals surface area (Å²) in [7, 11) is 0. The van der Waals surface area contributed by atoms with Crippen molar-refractivity contribution in [2.24, 2.45) is 0 Å². The molecule has 1 N–H and O–H groups in total. The second kappa shape index (κ2) is 3.74. The van der Waals surface area contributed by atoms with Crippen LogP contribution in [0, 0.1) is 10.5 Å². The first kappa shape index (κ1) is 9.29. The van der Waals surface area contributed by atoms with E-state index in [0.29, 0.717) is 0 Å². The molecule has 60 valence electrons. The van der Waals surface area contributed by atoms with Crippen molar-refractivity contribution in [1.82, 2.24) is 0 Å². The first-order valence-electron chi connectivity index (χ1n) is 3.20. The smallest absolute Gasteiger partial charge is 0.0692 e. The lowest BCUT2D eigenvalue weighted by Crippen LogP contribution is -1.89. The number of aryl methyl sites for hydroxylation is 1. The minimum atomic E-state index is 0.0538. The van der Waals surface area contributed by atoms with Crippen LogP contribution < -0.4 is 0 Å². The largest absolute Gasteiger partial charge is 0.392 e. The molecule has 3 heteroatoms. The van der Waals surface area contributed by atoms with Gasteiger partial charge in [-0.1, -0.05) is 11.6 Å². The summed E-state index contributed by atoms with van der Waals surface area (Å²) in [6.45, 7) is 2.00. The van der Waals surface area contributed by atoms with Gasteiger partial charge in [-0.05, 0) is 52.8 Å². The van der Waals surface area contributed by atoms with Crippen LogP contribution in [0.4, 0.5) is 0 Å². The highest BCUT2D eigenvalue weighted by molar-refractivity contribution is 14.1. The Morgan fingerprint density at radius 2 is 2.18 bits per heavy atom. The van der Waals surface area contributed by atoms with Crippen LogP contribution in [0.3, 0.4) is 0 Å². The lowest BCUT2D eigenvalue weighted by Gasteiger charge is -2.03. The van der Waals surface area contributed by atoms with Gasteiger partial charge < -0.3 is 5.11 Å². The highest BCUT2D eigenvalue weighted by atomic mass is 127. The first-order chi connectivity index (χ1) is 5.15. The fraction of sp³-hybridized carbons (Fsp3) is 0.250. The third-order valence-corrected chi connectivity index (χ3v) is 2.91. The molecule has 0 amide bonds. The molecule has 0 saturated carbocycles. The van der Waals surface area contributed by atoms with Crippen LogP contribution in [-0.2, 0) is 6.61 Å². The average Bonchev–Trinajstić information content (AvgIpc) is 1.97. The van der Waals surface area contributed by atoms with E-state index in [1.165, 1.54) is 0 Å². The molecule has 0 aliphatic rings. The minimum Gasteiger partial charge on any atom is -0.392 e. The second-order valence-corrected chi connectivity index (χ2v) is 3.92. The van der Waals surface area contributed by atoms with Gasteiger partial charge in [-0.25, -0.2) is 0 Å². The monoisotopic (exact) mass is 282 g/mol. The highest BCUT2D eigenvalue weighted by Crippen LogP contribution is 2.22. The summed E-state index contributed by atoms with van der Waals surface area (Å²) in [4.78, 5) is 0. The summed E-state index contributed by atoms with van der Waals surface area (Å²) >= 11 is 8.03. The van der Waals surface area contributed by atoms with Gasteiger partial charge in [0.05, 0.1) is 6.61 Å². The van der Waals surface area contributed by atoms with E-state index in [1.54, 1.807) is 6.07 Å². The SMILES string of the molecule is Cc1cc(I)c(CO)cc1Cl. The molecule has 0 spiro atoms. The van der Waals surface area contributed by atoms with Crippen molar-refractivity contribution in [1.29, 1.82) is 0 Å². The zero-order chi connectivity index (χ0) is 8.43. The predicted molar refractivity (Wildman–Crippen MR) is 54.8 cm³/mol. The maximum absolute atomic E-state index is 8.87. The number of rotatable bonds is 1. The maximum Gasteiger partial charge on any atom is 0.0692 e. The number of benzene rings is 1. The molecule has 0 atom stereocenters. The molecule has 0 aliphatic carbocycles. The van der Waals surface area contributed by atoms with Crippen molar-refractivity contribution in [3.63, 3.8) is 0 Å². The van der Waals surface area contributed by atoms with Crippen LogP contribution in [0.25, 0.3) is 0 Å². The molecule has 0 heterocycles. The Kier molecular flexibility index (Phi) is 3.16. The van der Waals surface area contributed by atoms with E-state index in [9.17, 15) is 0 Å². The van der Waals surface area contributed by atoms with Crippen molar-refractivity contribution >= 4 is 34.2 Å². The Morgan fingerprint density at radius 1 is 1.55 bits per heavy atom. The van der Waals surface area contributed by atoms with E-state index in [0.717, 1.165) is 19.7 Å². The van der Waals surface area contributed by atoms with E-state index in [2.05, 4.69) is 22.6 Å². The first-order valence-corrected chi connectivity index (χ1v) is 4.66. The standard InChI is InChI=1S/C8H8ClIO/c1-5-2-8(10)6(4-11)3-7(5)9/h2-3,11H,4H2,1H3. The van der Waals surface area contributed by atoms with Crippen molar-refractivity contribution in [3.8, 4) is 0 Å². The zero-order valence-electron chi connectivity index (χ0n) is 6.06. The summed E-state index contributed by atoms with van der Waals surface area (Å²) in [5.74, 6) is 0. The van der Waals surface area contributed by atoms with Gasteiger partial charge in [0.1, 0.15) is 0 Å². The summed E-state index contributed by atoms with van der Waals surface area (Å²) in [6, 6.07) is 3.77. The fourth-order valence-electron chi connectivity index (χ4n) is 0.809. The van der Waals surface area contributed by atoms with Crippen molar-refractivity contribution in [2.45, 2.75) is 13.5 Å². The van der Waals surface area contributed by atoms with Gasteiger partial charge in [-0.2, -0.15) is 0 Å². The molecule has 0 bridgehead atoms. The summed E-state index contributed by atoms with van der Waals surface area (Å²) in [5, 5.41) is 9.59. The van der Waals surface area contributed by atoms with E-state index in [-0.39, 0.29) is 6.61 Å². The van der Waals surface area contributed by atoms with Crippen molar-refractivity contribution < 1.29 is 5.11 Å². The summed E-state index contributed by atoms with van der Waals surface area (Å²) in [6.07, 6.45) is 0. The summed E-state index contributed by atoms with van der Waals surface area (Å²) < 4.78 is 1.06. The van der Waals surface area contributed by atoms with Gasteiger partial charge in [-0.15, -0.1) is 0 Å². The van der Waals surface area contributed by atoms with Gasteiger partial charge in [0.25, 0.3) is 0 Å². The number of aliphatic hydroxyl groups excluding tert-OH is 1. The molecule has 0 saturated heterocycles. The Hall–Kier alpha value is 0.200. The Morgan fingerprint density at radius 3 is 2.73 bits per heavy atom. The van der Waals surface area contributed by atoms with Crippen LogP contribution in [0.1, 0.15) is 11.1 Å². The van der Waals surface area contributed by atoms with Gasteiger partial charge in [0, 0.05) is 8.59 Å². The van der Waals surface area contributed by atoms with E-state index in [1.807, 2.05) is 13.0 Å². The van der Waals surface area contributed by atoms with E-state index >= 15 is 0 Å². The van der Waals surface area contributed by atoms with E-state index < -0.39 is 0 Å². The molecular weight excluding hydrogens is 274 g/mol. The molecule has 0 unspecified atom stereocenters. The van der Waals surface area contributed by atoms with Crippen molar-refractivity contribution in [2.75, 3.05) is 0 Å². The van der Waals surface area contributed by atoms with Crippen LogP contribution in [0.15, 0.2) is 12.1 Å². The van der Waals surface area contributed by atoms with Crippen LogP contribution in [0.2, 0.25) is 5.02 Å². The number of hydrogen-bond donors (Lipinski definition) is 1.